The predicted molar refractivity (Wildman–Crippen MR) is 89.3 cm³/mol. The average molecular weight is 333 g/mol. The van der Waals surface area contributed by atoms with Crippen molar-refractivity contribution in [3.05, 3.63) is 52.1 Å². The Morgan fingerprint density at radius 1 is 1.42 bits per heavy atom. The van der Waals surface area contributed by atoms with Gasteiger partial charge >= 0.3 is 5.97 Å². The zero-order valence-electron chi connectivity index (χ0n) is 14.0. The van der Waals surface area contributed by atoms with Gasteiger partial charge in [0.2, 0.25) is 0 Å². The van der Waals surface area contributed by atoms with Gasteiger partial charge in [0.1, 0.15) is 0 Å². The lowest BCUT2D eigenvalue weighted by molar-refractivity contribution is -0.384. The molecule has 0 amide bonds. The molecule has 1 aliphatic carbocycles. The monoisotopic (exact) mass is 333 g/mol. The Morgan fingerprint density at radius 2 is 2.12 bits per heavy atom. The topological polar surface area (TPSA) is 78.7 Å². The summed E-state index contributed by atoms with van der Waals surface area (Å²) in [4.78, 5) is 21.7. The molecule has 3 atom stereocenters. The summed E-state index contributed by atoms with van der Waals surface area (Å²) in [6.07, 6.45) is 5.50. The molecule has 0 N–H and O–H groups in total. The number of hydrogen-bond donors (Lipinski definition) is 0. The van der Waals surface area contributed by atoms with Crippen LogP contribution in [0.3, 0.4) is 0 Å². The van der Waals surface area contributed by atoms with Gasteiger partial charge in [-0.2, -0.15) is 0 Å². The van der Waals surface area contributed by atoms with Crippen molar-refractivity contribution in [3.63, 3.8) is 0 Å². The summed E-state index contributed by atoms with van der Waals surface area (Å²) >= 11 is 0. The molecular formula is C18H23NO5. The highest BCUT2D eigenvalue weighted by atomic mass is 16.6. The van der Waals surface area contributed by atoms with Crippen LogP contribution in [0.5, 0.6) is 0 Å². The van der Waals surface area contributed by atoms with Crippen molar-refractivity contribution >= 4 is 11.7 Å². The molecule has 1 aromatic carbocycles. The summed E-state index contributed by atoms with van der Waals surface area (Å²) in [6.45, 7) is 3.02. The molecule has 130 valence electrons. The molecule has 0 spiro atoms. The van der Waals surface area contributed by atoms with Crippen LogP contribution in [0.4, 0.5) is 5.69 Å². The normalized spacial score (nSPS) is 20.8. The summed E-state index contributed by atoms with van der Waals surface area (Å²) in [5.41, 5.74) is 0.996. The van der Waals surface area contributed by atoms with Crippen molar-refractivity contribution in [2.45, 2.75) is 26.4 Å². The van der Waals surface area contributed by atoms with Crippen LogP contribution in [-0.4, -0.2) is 24.6 Å². The van der Waals surface area contributed by atoms with E-state index in [0.29, 0.717) is 31.5 Å². The fourth-order valence-electron chi connectivity index (χ4n) is 2.91. The highest BCUT2D eigenvalue weighted by molar-refractivity contribution is 5.69. The predicted octanol–water partition coefficient (Wildman–Crippen LogP) is 3.50. The number of nitro groups is 1. The summed E-state index contributed by atoms with van der Waals surface area (Å²) in [6, 6.07) is 6.39. The van der Waals surface area contributed by atoms with E-state index in [4.69, 9.17) is 9.47 Å². The second-order valence-electron chi connectivity index (χ2n) is 6.07. The zero-order valence-corrected chi connectivity index (χ0v) is 14.0. The lowest BCUT2D eigenvalue weighted by Crippen LogP contribution is -2.12. The maximum Gasteiger partial charge on any atom is 0.306 e. The summed E-state index contributed by atoms with van der Waals surface area (Å²) in [7, 11) is 1.41. The van der Waals surface area contributed by atoms with E-state index in [9.17, 15) is 14.9 Å². The Morgan fingerprint density at radius 3 is 2.71 bits per heavy atom. The molecule has 1 fully saturated rings. The fourth-order valence-corrected chi connectivity index (χ4v) is 2.91. The number of methoxy groups -OCH3 is 1. The smallest absolute Gasteiger partial charge is 0.306 e. The van der Waals surface area contributed by atoms with Crippen LogP contribution in [0.15, 0.2) is 36.4 Å². The van der Waals surface area contributed by atoms with Crippen LogP contribution in [0.25, 0.3) is 0 Å². The molecule has 0 bridgehead atoms. The SMILES string of the molecule is C/C=C/[C@@H](CC(=O)OC)[C@@H]1C[C@H]1COCc1ccc([N+](=O)[O-])cc1. The molecule has 6 nitrogen and oxygen atoms in total. The minimum atomic E-state index is -0.415. The number of esters is 1. The Hall–Kier alpha value is -2.21. The van der Waals surface area contributed by atoms with E-state index in [1.54, 1.807) is 12.1 Å². The number of non-ortho nitro benzene ring substituents is 1. The van der Waals surface area contributed by atoms with Gasteiger partial charge in [-0.05, 0) is 48.8 Å². The number of rotatable bonds is 9. The van der Waals surface area contributed by atoms with Crippen molar-refractivity contribution in [2.24, 2.45) is 17.8 Å². The van der Waals surface area contributed by atoms with E-state index in [1.807, 2.05) is 13.0 Å². The van der Waals surface area contributed by atoms with E-state index in [0.717, 1.165) is 12.0 Å². The molecule has 0 heterocycles. The van der Waals surface area contributed by atoms with Gasteiger partial charge in [0.15, 0.2) is 0 Å². The Bertz CT molecular complexity index is 596. The molecule has 2 rings (SSSR count). The van der Waals surface area contributed by atoms with Crippen molar-refractivity contribution in [1.29, 1.82) is 0 Å². The minimum absolute atomic E-state index is 0.0815. The second-order valence-corrected chi connectivity index (χ2v) is 6.07. The second kappa shape index (κ2) is 8.59. The minimum Gasteiger partial charge on any atom is -0.469 e. The molecular weight excluding hydrogens is 310 g/mol. The number of allylic oxidation sites excluding steroid dienone is 2. The van der Waals surface area contributed by atoms with Gasteiger partial charge in [0.25, 0.3) is 5.69 Å². The third-order valence-corrected chi connectivity index (χ3v) is 4.34. The van der Waals surface area contributed by atoms with E-state index >= 15 is 0 Å². The van der Waals surface area contributed by atoms with Crippen LogP contribution in [0.1, 0.15) is 25.3 Å². The molecule has 1 aromatic rings. The van der Waals surface area contributed by atoms with Gasteiger partial charge in [-0.3, -0.25) is 14.9 Å². The first kappa shape index (κ1) is 18.1. The lowest BCUT2D eigenvalue weighted by Gasteiger charge is -2.11. The molecule has 6 heteroatoms. The Labute approximate surface area is 141 Å². The van der Waals surface area contributed by atoms with Crippen LogP contribution in [0.2, 0.25) is 0 Å². The zero-order chi connectivity index (χ0) is 17.5. The summed E-state index contributed by atoms with van der Waals surface area (Å²) < 4.78 is 10.5. The maximum absolute atomic E-state index is 11.5. The van der Waals surface area contributed by atoms with Crippen LogP contribution < -0.4 is 0 Å². The number of carbonyl (C=O) groups excluding carboxylic acids is 1. The quantitative estimate of drug-likeness (QED) is 0.299. The number of carbonyl (C=O) groups is 1. The molecule has 0 radical (unpaired) electrons. The first-order valence-corrected chi connectivity index (χ1v) is 8.05. The van der Waals surface area contributed by atoms with Crippen LogP contribution >= 0.6 is 0 Å². The Kier molecular flexibility index (Phi) is 6.49. The van der Waals surface area contributed by atoms with Gasteiger partial charge in [-0.25, -0.2) is 0 Å². The molecule has 1 saturated carbocycles. The van der Waals surface area contributed by atoms with Crippen molar-refractivity contribution < 1.29 is 19.2 Å². The number of ether oxygens (including phenoxy) is 2. The first-order chi connectivity index (χ1) is 11.5. The number of nitrogens with zero attached hydrogens (tertiary/aromatic N) is 1. The summed E-state index contributed by atoms with van der Waals surface area (Å²) in [5.74, 6) is 0.928. The van der Waals surface area contributed by atoms with Gasteiger partial charge in [-0.1, -0.05) is 12.2 Å². The van der Waals surface area contributed by atoms with Gasteiger partial charge < -0.3 is 9.47 Å². The molecule has 24 heavy (non-hydrogen) atoms. The molecule has 0 aliphatic heterocycles. The van der Waals surface area contributed by atoms with Gasteiger partial charge in [-0.15, -0.1) is 0 Å². The molecule has 1 aliphatic rings. The number of nitro benzene ring substituents is 1. The largest absolute Gasteiger partial charge is 0.469 e. The highest BCUT2D eigenvalue weighted by Gasteiger charge is 2.42. The van der Waals surface area contributed by atoms with Crippen molar-refractivity contribution in [1.82, 2.24) is 0 Å². The number of hydrogen-bond acceptors (Lipinski definition) is 5. The highest BCUT2D eigenvalue weighted by Crippen LogP contribution is 2.46. The third kappa shape index (κ3) is 5.16. The maximum atomic E-state index is 11.5. The van der Waals surface area contributed by atoms with E-state index in [1.165, 1.54) is 19.2 Å². The van der Waals surface area contributed by atoms with Crippen molar-refractivity contribution in [3.8, 4) is 0 Å². The first-order valence-electron chi connectivity index (χ1n) is 8.05. The number of benzene rings is 1. The van der Waals surface area contributed by atoms with E-state index in [-0.39, 0.29) is 17.6 Å². The van der Waals surface area contributed by atoms with Gasteiger partial charge in [0.05, 0.1) is 31.7 Å². The fraction of sp³-hybridized carbons (Fsp3) is 0.500. The van der Waals surface area contributed by atoms with Crippen molar-refractivity contribution in [2.75, 3.05) is 13.7 Å². The lowest BCUT2D eigenvalue weighted by atomic mass is 9.97. The molecule has 0 unspecified atom stereocenters. The molecule has 0 saturated heterocycles. The standard InChI is InChI=1S/C18H23NO5/c1-3-4-14(10-18(20)23-2)17-9-15(17)12-24-11-13-5-7-16(8-6-13)19(21)22/h3-8,14-15,17H,9-12H2,1-2H3/b4-3+/t14-,15-,17-/m0/s1. The van der Waals surface area contributed by atoms with E-state index in [2.05, 4.69) is 6.08 Å². The molecule has 0 aromatic heterocycles. The van der Waals surface area contributed by atoms with E-state index < -0.39 is 4.92 Å². The van der Waals surface area contributed by atoms with Crippen LogP contribution in [0, 0.1) is 27.9 Å². The third-order valence-electron chi connectivity index (χ3n) is 4.34. The average Bonchev–Trinajstić information content (AvgIpc) is 3.34. The van der Waals surface area contributed by atoms with Gasteiger partial charge in [0, 0.05) is 12.1 Å². The van der Waals surface area contributed by atoms with Crippen LogP contribution in [-0.2, 0) is 20.9 Å². The summed E-state index contributed by atoms with van der Waals surface area (Å²) in [5, 5.41) is 10.6. The Balaban J connectivity index is 1.75.